The van der Waals surface area contributed by atoms with Crippen LogP contribution in [0.2, 0.25) is 0 Å². The second kappa shape index (κ2) is 5.30. The third-order valence-electron chi connectivity index (χ3n) is 5.53. The number of likely N-dealkylation sites (N-methyl/N-ethyl adjacent to an activating group) is 1. The van der Waals surface area contributed by atoms with Crippen molar-refractivity contribution in [3.8, 4) is 11.8 Å². The molecule has 5 rings (SSSR count). The zero-order valence-corrected chi connectivity index (χ0v) is 14.7. The van der Waals surface area contributed by atoms with Gasteiger partial charge in [0.25, 0.3) is 0 Å². The van der Waals surface area contributed by atoms with Gasteiger partial charge < -0.3 is 14.1 Å². The van der Waals surface area contributed by atoms with E-state index >= 15 is 0 Å². The monoisotopic (exact) mass is 371 g/mol. The van der Waals surface area contributed by atoms with E-state index in [1.54, 1.807) is 55.6 Å². The predicted molar refractivity (Wildman–Crippen MR) is 101 cm³/mol. The van der Waals surface area contributed by atoms with Crippen molar-refractivity contribution in [2.24, 2.45) is 5.92 Å². The summed E-state index contributed by atoms with van der Waals surface area (Å²) in [6.45, 7) is 0. The maximum atomic E-state index is 13.5. The number of anilines is 1. The molecule has 7 heteroatoms. The van der Waals surface area contributed by atoms with Gasteiger partial charge in [-0.05, 0) is 23.8 Å². The molecule has 1 spiro atoms. The number of para-hydroxylation sites is 2. The fourth-order valence-corrected chi connectivity index (χ4v) is 4.34. The fourth-order valence-electron chi connectivity index (χ4n) is 4.34. The lowest BCUT2D eigenvalue weighted by molar-refractivity contribution is -0.122. The summed E-state index contributed by atoms with van der Waals surface area (Å²) in [5.74, 6) is -2.02. The summed E-state index contributed by atoms with van der Waals surface area (Å²) in [5, 5.41) is 18.7. The summed E-state index contributed by atoms with van der Waals surface area (Å²) >= 11 is 0. The number of nitrogens with one attached hydrogen (secondary N) is 1. The van der Waals surface area contributed by atoms with E-state index in [-0.39, 0.29) is 22.8 Å². The van der Waals surface area contributed by atoms with Crippen LogP contribution in [0.5, 0.6) is 5.75 Å². The second-order valence-electron chi connectivity index (χ2n) is 6.81. The van der Waals surface area contributed by atoms with Crippen LogP contribution in [-0.4, -0.2) is 18.9 Å². The number of ether oxygens (including phenoxy) is 1. The first-order chi connectivity index (χ1) is 13.5. The van der Waals surface area contributed by atoms with E-state index in [0.717, 1.165) is 0 Å². The molecule has 1 N–H and O–H groups in total. The summed E-state index contributed by atoms with van der Waals surface area (Å²) in [7, 11) is 1.59. The molecule has 0 radical (unpaired) electrons. The zero-order valence-electron chi connectivity index (χ0n) is 14.7. The minimum absolute atomic E-state index is 0.0319. The maximum Gasteiger partial charge on any atom is 0.344 e. The van der Waals surface area contributed by atoms with Gasteiger partial charge in [0.15, 0.2) is 5.75 Å². The Morgan fingerprint density at radius 2 is 1.86 bits per heavy atom. The van der Waals surface area contributed by atoms with Crippen LogP contribution >= 0.6 is 0 Å². The molecule has 3 aromatic rings. The van der Waals surface area contributed by atoms with Crippen molar-refractivity contribution < 1.29 is 13.9 Å². The number of rotatable bonds is 0. The molecular formula is C21H13N3O4. The highest BCUT2D eigenvalue weighted by Gasteiger charge is 2.63. The molecule has 2 aliphatic rings. The Morgan fingerprint density at radius 3 is 2.64 bits per heavy atom. The third kappa shape index (κ3) is 1.70. The quantitative estimate of drug-likeness (QED) is 0.611. The maximum absolute atomic E-state index is 13.5. The van der Waals surface area contributed by atoms with Gasteiger partial charge in [-0.25, -0.2) is 4.79 Å². The van der Waals surface area contributed by atoms with Crippen molar-refractivity contribution in [2.45, 2.75) is 5.41 Å². The number of benzene rings is 2. The predicted octanol–water partition coefficient (Wildman–Crippen LogP) is 2.56. The first-order valence-electron chi connectivity index (χ1n) is 8.61. The average molecular weight is 371 g/mol. The van der Waals surface area contributed by atoms with Crippen LogP contribution in [0, 0.1) is 22.7 Å². The summed E-state index contributed by atoms with van der Waals surface area (Å²) in [6, 6.07) is 15.8. The molecule has 2 aliphatic heterocycles. The molecule has 1 amide bonds. The lowest BCUT2D eigenvalue weighted by Crippen LogP contribution is -2.54. The molecule has 0 saturated heterocycles. The molecule has 0 fully saturated rings. The summed E-state index contributed by atoms with van der Waals surface area (Å²) in [5.41, 5.74) is -1.10. The number of carbonyl (C=O) groups excluding carboxylic acids is 1. The Bertz CT molecular complexity index is 1300. The third-order valence-corrected chi connectivity index (χ3v) is 5.53. The lowest BCUT2D eigenvalue weighted by atomic mass is 9.65. The van der Waals surface area contributed by atoms with Crippen molar-refractivity contribution in [1.29, 1.82) is 10.7 Å². The van der Waals surface area contributed by atoms with E-state index in [2.05, 4.69) is 0 Å². The minimum Gasteiger partial charge on any atom is -0.441 e. The normalized spacial score (nSPS) is 22.7. The van der Waals surface area contributed by atoms with Crippen molar-refractivity contribution in [2.75, 3.05) is 11.9 Å². The Morgan fingerprint density at radius 1 is 1.14 bits per heavy atom. The van der Waals surface area contributed by atoms with Gasteiger partial charge in [-0.15, -0.1) is 0 Å². The molecule has 0 saturated carbocycles. The Labute approximate surface area is 158 Å². The lowest BCUT2D eigenvalue weighted by Gasteiger charge is -2.37. The number of carbonyl (C=O) groups is 1. The van der Waals surface area contributed by atoms with Gasteiger partial charge in [-0.1, -0.05) is 30.3 Å². The van der Waals surface area contributed by atoms with Gasteiger partial charge >= 0.3 is 5.63 Å². The summed E-state index contributed by atoms with van der Waals surface area (Å²) < 4.78 is 11.1. The largest absolute Gasteiger partial charge is 0.441 e. The van der Waals surface area contributed by atoms with E-state index in [4.69, 9.17) is 14.6 Å². The second-order valence-corrected chi connectivity index (χ2v) is 6.81. The molecule has 0 aliphatic carbocycles. The number of amides is 1. The van der Waals surface area contributed by atoms with Crippen LogP contribution in [0.3, 0.4) is 0 Å². The van der Waals surface area contributed by atoms with Crippen LogP contribution in [0.15, 0.2) is 57.7 Å². The van der Waals surface area contributed by atoms with Crippen molar-refractivity contribution in [3.63, 3.8) is 0 Å². The molecule has 3 heterocycles. The smallest absolute Gasteiger partial charge is 0.344 e. The van der Waals surface area contributed by atoms with Gasteiger partial charge in [0.2, 0.25) is 11.8 Å². The van der Waals surface area contributed by atoms with Crippen molar-refractivity contribution >= 4 is 28.5 Å². The number of hydrogen-bond donors (Lipinski definition) is 1. The van der Waals surface area contributed by atoms with Crippen LogP contribution in [0.25, 0.3) is 11.0 Å². The number of fused-ring (bicyclic) bond motifs is 6. The Kier molecular flexibility index (Phi) is 3.08. The molecule has 28 heavy (non-hydrogen) atoms. The van der Waals surface area contributed by atoms with Gasteiger partial charge in [0, 0.05) is 12.7 Å². The highest BCUT2D eigenvalue weighted by molar-refractivity contribution is 6.15. The highest BCUT2D eigenvalue weighted by Crippen LogP contribution is 2.54. The van der Waals surface area contributed by atoms with Gasteiger partial charge in [0.05, 0.1) is 11.5 Å². The zero-order chi connectivity index (χ0) is 19.6. The summed E-state index contributed by atoms with van der Waals surface area (Å²) in [4.78, 5) is 28.0. The Balaban J connectivity index is 2.02. The number of hydrogen-bond acceptors (Lipinski definition) is 6. The molecule has 136 valence electrons. The standard InChI is InChI=1S/C21H13N3O4/c1-24-14-8-4-3-7-12(14)21(20(24)26)13(10-22)18(23)28-17-11-6-2-5-9-15(11)27-19(25)16(17)21/h2-9,13,23H,1H3. The summed E-state index contributed by atoms with van der Waals surface area (Å²) in [6.07, 6.45) is 0. The van der Waals surface area contributed by atoms with Crippen molar-refractivity contribution in [3.05, 3.63) is 70.1 Å². The van der Waals surface area contributed by atoms with Crippen molar-refractivity contribution in [1.82, 2.24) is 0 Å². The minimum atomic E-state index is -1.69. The van der Waals surface area contributed by atoms with E-state index in [1.807, 2.05) is 6.07 Å². The average Bonchev–Trinajstić information content (AvgIpc) is 2.91. The van der Waals surface area contributed by atoms with E-state index in [0.29, 0.717) is 16.6 Å². The molecule has 2 aromatic carbocycles. The van der Waals surface area contributed by atoms with E-state index < -0.39 is 22.9 Å². The van der Waals surface area contributed by atoms with Gasteiger partial charge in [-0.2, -0.15) is 5.26 Å². The molecule has 2 unspecified atom stereocenters. The van der Waals surface area contributed by atoms with Crippen LogP contribution in [-0.2, 0) is 10.2 Å². The number of nitriles is 1. The molecular weight excluding hydrogens is 358 g/mol. The first kappa shape index (κ1) is 16.3. The molecule has 0 bridgehead atoms. The molecule has 1 aromatic heterocycles. The fraction of sp³-hybridized carbons (Fsp3) is 0.143. The SMILES string of the molecule is CN1C(=O)C2(c3ccccc31)c1c(c3ccccc3oc1=O)OC(=N)C2C#N. The molecule has 2 atom stereocenters. The first-order valence-corrected chi connectivity index (χ1v) is 8.61. The van der Waals surface area contributed by atoms with E-state index in [9.17, 15) is 14.9 Å². The van der Waals surface area contributed by atoms with Crippen LogP contribution in [0.1, 0.15) is 11.1 Å². The topological polar surface area (TPSA) is 107 Å². The number of nitrogens with zero attached hydrogens (tertiary/aromatic N) is 2. The molecule has 7 nitrogen and oxygen atoms in total. The highest BCUT2D eigenvalue weighted by atomic mass is 16.5. The van der Waals surface area contributed by atoms with Crippen LogP contribution in [0.4, 0.5) is 5.69 Å². The Hall–Kier alpha value is -3.92. The van der Waals surface area contributed by atoms with Crippen LogP contribution < -0.4 is 15.3 Å². The van der Waals surface area contributed by atoms with Gasteiger partial charge in [0.1, 0.15) is 22.5 Å². The van der Waals surface area contributed by atoms with E-state index in [1.165, 1.54) is 4.90 Å². The van der Waals surface area contributed by atoms with Gasteiger partial charge in [-0.3, -0.25) is 10.2 Å².